The molecule has 0 bridgehead atoms. The fourth-order valence-electron chi connectivity index (χ4n) is 5.51. The average molecular weight is 495 g/mol. The van der Waals surface area contributed by atoms with Gasteiger partial charge in [-0.25, -0.2) is 4.79 Å². The maximum Gasteiger partial charge on any atom is 0.332 e. The van der Waals surface area contributed by atoms with Crippen molar-refractivity contribution >= 4 is 28.9 Å². The van der Waals surface area contributed by atoms with Crippen LogP contribution in [0.2, 0.25) is 0 Å². The molecule has 8 nitrogen and oxygen atoms in total. The highest BCUT2D eigenvalue weighted by Crippen LogP contribution is 2.40. The Hall–Kier alpha value is -3.26. The van der Waals surface area contributed by atoms with E-state index in [4.69, 9.17) is 9.47 Å². The number of nitrogens with zero attached hydrogens (tertiary/aromatic N) is 4. The van der Waals surface area contributed by atoms with Crippen molar-refractivity contribution in [2.75, 3.05) is 68.3 Å². The van der Waals surface area contributed by atoms with Crippen LogP contribution in [-0.2, 0) is 14.3 Å². The van der Waals surface area contributed by atoms with Gasteiger partial charge >= 0.3 is 5.97 Å². The molecular formula is C28H38N4O4. The second-order valence-electron chi connectivity index (χ2n) is 9.37. The highest BCUT2D eigenvalue weighted by molar-refractivity contribution is 6.03. The van der Waals surface area contributed by atoms with Gasteiger partial charge in [0.1, 0.15) is 11.3 Å². The first-order chi connectivity index (χ1) is 17.5. The Kier molecular flexibility index (Phi) is 8.04. The molecule has 1 amide bonds. The van der Waals surface area contributed by atoms with Crippen LogP contribution in [0.4, 0.5) is 17.1 Å². The monoisotopic (exact) mass is 494 g/mol. The molecule has 2 aliphatic heterocycles. The zero-order valence-corrected chi connectivity index (χ0v) is 21.9. The lowest BCUT2D eigenvalue weighted by Crippen LogP contribution is -2.63. The first kappa shape index (κ1) is 25.8. The summed E-state index contributed by atoms with van der Waals surface area (Å²) in [4.78, 5) is 35.4. The number of likely N-dealkylation sites (tertiary alicyclic amines) is 1. The van der Waals surface area contributed by atoms with Gasteiger partial charge in [-0.1, -0.05) is 31.2 Å². The quantitative estimate of drug-likeness (QED) is 0.492. The van der Waals surface area contributed by atoms with Gasteiger partial charge in [0.2, 0.25) is 5.91 Å². The van der Waals surface area contributed by atoms with E-state index in [2.05, 4.69) is 45.9 Å². The Bertz CT molecular complexity index is 1070. The van der Waals surface area contributed by atoms with E-state index in [0.717, 1.165) is 26.3 Å². The number of hydrogen-bond donors (Lipinski definition) is 0. The molecule has 0 aromatic heterocycles. The summed E-state index contributed by atoms with van der Waals surface area (Å²) in [6.07, 6.45) is 1.28. The molecule has 2 aromatic carbocycles. The van der Waals surface area contributed by atoms with Crippen LogP contribution in [0.15, 0.2) is 48.5 Å². The maximum atomic E-state index is 13.3. The Morgan fingerprint density at radius 3 is 2.17 bits per heavy atom. The number of carbonyl (C=O) groups excluding carboxylic acids is 2. The fraction of sp³-hybridized carbons (Fsp3) is 0.500. The standard InChI is InChI=1S/C28H38N4O4/c1-5-26(33)32(24-13-9-10-14-25(24)35-3)28(27(34)36-4)15-17-29(18-16-28)19-20-31-21-30(6-2)22-11-7-8-12-23(22)31/h7-14H,5-6,15-21H2,1-4H3. The minimum Gasteiger partial charge on any atom is -0.495 e. The summed E-state index contributed by atoms with van der Waals surface area (Å²) in [5.74, 6) is 0.0757. The number of piperidine rings is 1. The topological polar surface area (TPSA) is 65.6 Å². The lowest BCUT2D eigenvalue weighted by atomic mass is 9.84. The molecule has 2 aliphatic rings. The van der Waals surface area contributed by atoms with Gasteiger partial charge in [-0.05, 0) is 44.0 Å². The molecule has 0 saturated carbocycles. The van der Waals surface area contributed by atoms with E-state index in [1.807, 2.05) is 31.2 Å². The number of ether oxygens (including phenoxy) is 2. The highest BCUT2D eigenvalue weighted by atomic mass is 16.5. The third-order valence-corrected chi connectivity index (χ3v) is 7.53. The number of benzene rings is 2. The van der Waals surface area contributed by atoms with E-state index >= 15 is 0 Å². The summed E-state index contributed by atoms with van der Waals surface area (Å²) in [5.41, 5.74) is 2.11. The number of esters is 1. The first-order valence-corrected chi connectivity index (χ1v) is 12.8. The Balaban J connectivity index is 1.51. The second-order valence-corrected chi connectivity index (χ2v) is 9.37. The van der Waals surface area contributed by atoms with Crippen molar-refractivity contribution < 1.29 is 19.1 Å². The summed E-state index contributed by atoms with van der Waals surface area (Å²) < 4.78 is 10.9. The molecule has 0 unspecified atom stereocenters. The van der Waals surface area contributed by atoms with Crippen LogP contribution in [0.25, 0.3) is 0 Å². The Labute approximate surface area is 214 Å². The van der Waals surface area contributed by atoms with Crippen LogP contribution in [0.5, 0.6) is 5.75 Å². The van der Waals surface area contributed by atoms with E-state index < -0.39 is 5.54 Å². The number of methoxy groups -OCH3 is 2. The minimum absolute atomic E-state index is 0.119. The molecule has 0 N–H and O–H groups in total. The number of rotatable bonds is 9. The first-order valence-electron chi connectivity index (χ1n) is 12.8. The van der Waals surface area contributed by atoms with E-state index in [0.29, 0.717) is 37.4 Å². The summed E-state index contributed by atoms with van der Waals surface area (Å²) >= 11 is 0. The molecule has 1 saturated heterocycles. The lowest BCUT2D eigenvalue weighted by molar-refractivity contribution is -0.151. The van der Waals surface area contributed by atoms with E-state index in [9.17, 15) is 9.59 Å². The molecule has 1 fully saturated rings. The van der Waals surface area contributed by atoms with Crippen LogP contribution >= 0.6 is 0 Å². The van der Waals surface area contributed by atoms with Crippen molar-refractivity contribution in [2.24, 2.45) is 0 Å². The summed E-state index contributed by atoms with van der Waals surface area (Å²) in [5, 5.41) is 0. The predicted molar refractivity (Wildman–Crippen MR) is 143 cm³/mol. The number of carbonyl (C=O) groups is 2. The van der Waals surface area contributed by atoms with Crippen LogP contribution in [-0.4, -0.2) is 75.9 Å². The van der Waals surface area contributed by atoms with Gasteiger partial charge < -0.3 is 24.2 Å². The SMILES string of the molecule is CCC(=O)N(c1ccccc1OC)C1(C(=O)OC)CCN(CCN2CN(CC)c3ccccc32)CC1. The molecule has 8 heteroatoms. The minimum atomic E-state index is -1.06. The van der Waals surface area contributed by atoms with E-state index in [-0.39, 0.29) is 18.3 Å². The molecule has 194 valence electrons. The number of hydrogen-bond acceptors (Lipinski definition) is 7. The molecule has 0 radical (unpaired) electrons. The molecule has 4 rings (SSSR count). The van der Waals surface area contributed by atoms with Crippen molar-refractivity contribution in [1.82, 2.24) is 4.90 Å². The number of fused-ring (bicyclic) bond motifs is 1. The number of para-hydroxylation sites is 4. The Morgan fingerprint density at radius 1 is 0.917 bits per heavy atom. The van der Waals surface area contributed by atoms with Crippen LogP contribution in [0.1, 0.15) is 33.1 Å². The van der Waals surface area contributed by atoms with Gasteiger partial charge in [0, 0.05) is 39.1 Å². The largest absolute Gasteiger partial charge is 0.495 e. The van der Waals surface area contributed by atoms with Crippen molar-refractivity contribution in [3.05, 3.63) is 48.5 Å². The second kappa shape index (κ2) is 11.2. The highest BCUT2D eigenvalue weighted by Gasteiger charge is 2.50. The van der Waals surface area contributed by atoms with E-state index in [1.165, 1.54) is 18.5 Å². The molecule has 36 heavy (non-hydrogen) atoms. The van der Waals surface area contributed by atoms with Gasteiger partial charge in [-0.2, -0.15) is 0 Å². The Morgan fingerprint density at radius 2 is 1.56 bits per heavy atom. The fourth-order valence-corrected chi connectivity index (χ4v) is 5.51. The van der Waals surface area contributed by atoms with Crippen molar-refractivity contribution in [2.45, 2.75) is 38.6 Å². The molecular weight excluding hydrogens is 456 g/mol. The van der Waals surface area contributed by atoms with Crippen LogP contribution in [0.3, 0.4) is 0 Å². The van der Waals surface area contributed by atoms with Gasteiger partial charge in [0.15, 0.2) is 0 Å². The molecule has 2 heterocycles. The lowest BCUT2D eigenvalue weighted by Gasteiger charge is -2.46. The summed E-state index contributed by atoms with van der Waals surface area (Å²) in [6, 6.07) is 15.9. The number of amides is 1. The third kappa shape index (κ3) is 4.74. The summed E-state index contributed by atoms with van der Waals surface area (Å²) in [6.45, 7) is 9.06. The zero-order valence-electron chi connectivity index (χ0n) is 21.9. The van der Waals surface area contributed by atoms with Crippen molar-refractivity contribution in [3.8, 4) is 5.75 Å². The van der Waals surface area contributed by atoms with Crippen molar-refractivity contribution in [1.29, 1.82) is 0 Å². The van der Waals surface area contributed by atoms with Crippen LogP contribution in [0, 0.1) is 0 Å². The average Bonchev–Trinajstić information content (AvgIpc) is 3.30. The number of anilines is 3. The van der Waals surface area contributed by atoms with Crippen molar-refractivity contribution in [3.63, 3.8) is 0 Å². The predicted octanol–water partition coefficient (Wildman–Crippen LogP) is 3.75. The maximum absolute atomic E-state index is 13.3. The van der Waals surface area contributed by atoms with Gasteiger partial charge in [-0.15, -0.1) is 0 Å². The molecule has 0 aliphatic carbocycles. The third-order valence-electron chi connectivity index (χ3n) is 7.53. The van der Waals surface area contributed by atoms with Gasteiger partial charge in [-0.3, -0.25) is 9.69 Å². The normalized spacial score (nSPS) is 17.0. The summed E-state index contributed by atoms with van der Waals surface area (Å²) in [7, 11) is 2.98. The van der Waals surface area contributed by atoms with Gasteiger partial charge in [0.05, 0.1) is 38.0 Å². The molecule has 2 aromatic rings. The zero-order chi connectivity index (χ0) is 25.7. The smallest absolute Gasteiger partial charge is 0.332 e. The van der Waals surface area contributed by atoms with E-state index in [1.54, 1.807) is 12.0 Å². The van der Waals surface area contributed by atoms with Crippen LogP contribution < -0.4 is 19.4 Å². The molecule has 0 spiro atoms. The van der Waals surface area contributed by atoms with Gasteiger partial charge in [0.25, 0.3) is 0 Å². The molecule has 0 atom stereocenters.